The lowest BCUT2D eigenvalue weighted by atomic mass is 9.96. The smallest absolute Gasteiger partial charge is 0.302 e. The number of halogens is 1. The number of nitrogens with one attached hydrogen (secondary N) is 1. The molecule has 1 atom stereocenters. The quantitative estimate of drug-likeness (QED) is 0.268. The zero-order chi connectivity index (χ0) is 23.1. The van der Waals surface area contributed by atoms with Gasteiger partial charge in [0, 0.05) is 18.0 Å². The summed E-state index contributed by atoms with van der Waals surface area (Å²) in [6, 6.07) is 14.4. The first-order valence-electron chi connectivity index (χ1n) is 9.99. The average Bonchev–Trinajstić information content (AvgIpc) is 3.38. The van der Waals surface area contributed by atoms with Crippen LogP contribution in [-0.4, -0.2) is 38.9 Å². The number of imidazole rings is 1. The Morgan fingerprint density at radius 2 is 1.97 bits per heavy atom. The minimum Gasteiger partial charge on any atom is -0.507 e. The van der Waals surface area contributed by atoms with Crippen molar-refractivity contribution in [1.82, 2.24) is 15.0 Å². The van der Waals surface area contributed by atoms with E-state index in [0.717, 1.165) is 0 Å². The SMILES string of the molecule is COc1cc(/C(O)=C2\C(=O)C(=O)N(c3nc4ccccc4[nH]3)C2c2cccnc2)ccc1Cl. The molecule has 0 bridgehead atoms. The van der Waals surface area contributed by atoms with Crippen molar-refractivity contribution in [1.29, 1.82) is 0 Å². The Hall–Kier alpha value is -4.17. The number of carbonyl (C=O) groups is 2. The number of Topliss-reactive ketones (excluding diaryl/α,β-unsaturated/α-hetero) is 1. The number of pyridine rings is 1. The minimum atomic E-state index is -0.944. The first kappa shape index (κ1) is 20.7. The highest BCUT2D eigenvalue weighted by Crippen LogP contribution is 2.42. The van der Waals surface area contributed by atoms with Crippen molar-refractivity contribution in [3.63, 3.8) is 0 Å². The van der Waals surface area contributed by atoms with Crippen molar-refractivity contribution in [2.75, 3.05) is 12.0 Å². The number of aliphatic hydroxyl groups excluding tert-OH is 1. The van der Waals surface area contributed by atoms with Crippen LogP contribution < -0.4 is 9.64 Å². The Kier molecular flexibility index (Phi) is 5.07. The number of hydrogen-bond acceptors (Lipinski definition) is 6. The number of anilines is 1. The second-order valence-corrected chi connectivity index (χ2v) is 7.79. The number of methoxy groups -OCH3 is 1. The molecule has 2 N–H and O–H groups in total. The van der Waals surface area contributed by atoms with Gasteiger partial charge in [-0.15, -0.1) is 0 Å². The molecule has 0 aliphatic carbocycles. The number of ether oxygens (including phenoxy) is 1. The molecule has 1 fully saturated rings. The number of fused-ring (bicyclic) bond motifs is 1. The minimum absolute atomic E-state index is 0.0853. The van der Waals surface area contributed by atoms with Crippen molar-refractivity contribution in [2.45, 2.75) is 6.04 Å². The van der Waals surface area contributed by atoms with Gasteiger partial charge in [0.05, 0.1) is 34.8 Å². The van der Waals surface area contributed by atoms with Crippen LogP contribution in [0.25, 0.3) is 16.8 Å². The summed E-state index contributed by atoms with van der Waals surface area (Å²) in [6.07, 6.45) is 3.13. The van der Waals surface area contributed by atoms with Gasteiger partial charge in [0.15, 0.2) is 0 Å². The predicted octanol–water partition coefficient (Wildman–Crippen LogP) is 4.25. The standard InChI is InChI=1S/C24H17ClN4O4/c1-33-18-11-13(8-9-15(18)25)21(30)19-20(14-5-4-10-26-12-14)29(23(32)22(19)31)24-27-16-6-2-3-7-17(16)28-24/h2-12,20,30H,1H3,(H,27,28)/b21-19+. The molecule has 1 aliphatic heterocycles. The summed E-state index contributed by atoms with van der Waals surface area (Å²) in [5, 5.41) is 11.5. The molecule has 1 aliphatic rings. The number of H-pyrrole nitrogens is 1. The molecule has 0 saturated carbocycles. The van der Waals surface area contributed by atoms with E-state index < -0.39 is 17.7 Å². The van der Waals surface area contributed by atoms with E-state index in [2.05, 4.69) is 15.0 Å². The largest absolute Gasteiger partial charge is 0.507 e. The number of nitrogens with zero attached hydrogens (tertiary/aromatic N) is 3. The third kappa shape index (κ3) is 3.41. The van der Waals surface area contributed by atoms with Crippen molar-refractivity contribution < 1.29 is 19.4 Å². The lowest BCUT2D eigenvalue weighted by molar-refractivity contribution is -0.132. The molecular weight excluding hydrogens is 444 g/mol. The van der Waals surface area contributed by atoms with Crippen molar-refractivity contribution in [3.8, 4) is 5.75 Å². The third-order valence-corrected chi connectivity index (χ3v) is 5.79. The second kappa shape index (κ2) is 8.07. The first-order chi connectivity index (χ1) is 16.0. The normalized spacial score (nSPS) is 17.6. The van der Waals surface area contributed by atoms with Crippen molar-refractivity contribution in [2.24, 2.45) is 0 Å². The molecule has 2 aromatic heterocycles. The first-order valence-corrected chi connectivity index (χ1v) is 10.4. The Morgan fingerprint density at radius 3 is 2.70 bits per heavy atom. The van der Waals surface area contributed by atoms with Gasteiger partial charge in [-0.25, -0.2) is 4.98 Å². The van der Waals surface area contributed by atoms with E-state index in [1.54, 1.807) is 42.7 Å². The van der Waals surface area contributed by atoms with E-state index in [1.807, 2.05) is 18.2 Å². The Bertz CT molecular complexity index is 1400. The molecule has 2 aromatic carbocycles. The molecule has 9 heteroatoms. The number of carbonyl (C=O) groups excluding carboxylic acids is 2. The van der Waals surface area contributed by atoms with E-state index in [0.29, 0.717) is 27.4 Å². The molecule has 0 spiro atoms. The summed E-state index contributed by atoms with van der Waals surface area (Å²) >= 11 is 6.11. The van der Waals surface area contributed by atoms with Gasteiger partial charge in [0.25, 0.3) is 5.78 Å². The van der Waals surface area contributed by atoms with E-state index >= 15 is 0 Å². The fourth-order valence-electron chi connectivity index (χ4n) is 3.92. The second-order valence-electron chi connectivity index (χ2n) is 7.38. The fourth-order valence-corrected chi connectivity index (χ4v) is 4.11. The highest BCUT2D eigenvalue weighted by Gasteiger charge is 2.48. The summed E-state index contributed by atoms with van der Waals surface area (Å²) in [6.45, 7) is 0. The number of rotatable bonds is 4. The van der Waals surface area contributed by atoms with Gasteiger partial charge in [-0.3, -0.25) is 19.5 Å². The summed E-state index contributed by atoms with van der Waals surface area (Å²) < 4.78 is 5.23. The maximum absolute atomic E-state index is 13.2. The van der Waals surface area contributed by atoms with Crippen LogP contribution in [0.4, 0.5) is 5.95 Å². The predicted molar refractivity (Wildman–Crippen MR) is 123 cm³/mol. The average molecular weight is 461 g/mol. The lowest BCUT2D eigenvalue weighted by Gasteiger charge is -2.22. The van der Waals surface area contributed by atoms with Gasteiger partial charge in [0.1, 0.15) is 11.5 Å². The zero-order valence-corrected chi connectivity index (χ0v) is 18.1. The van der Waals surface area contributed by atoms with Crippen LogP contribution in [0.15, 0.2) is 72.6 Å². The van der Waals surface area contributed by atoms with Crippen molar-refractivity contribution in [3.05, 3.63) is 88.7 Å². The van der Waals surface area contributed by atoms with Crippen LogP contribution in [0.2, 0.25) is 5.02 Å². The lowest BCUT2D eigenvalue weighted by Crippen LogP contribution is -2.30. The van der Waals surface area contributed by atoms with Crippen molar-refractivity contribution >= 4 is 46.0 Å². The maximum atomic E-state index is 13.2. The molecule has 8 nitrogen and oxygen atoms in total. The highest BCUT2D eigenvalue weighted by molar-refractivity contribution is 6.51. The van der Waals surface area contributed by atoms with E-state index in [9.17, 15) is 14.7 Å². The Balaban J connectivity index is 1.73. The number of aromatic nitrogens is 3. The van der Waals surface area contributed by atoms with Gasteiger partial charge in [-0.05, 0) is 42.0 Å². The van der Waals surface area contributed by atoms with Crippen LogP contribution >= 0.6 is 11.6 Å². The molecule has 1 saturated heterocycles. The van der Waals surface area contributed by atoms with Crippen LogP contribution in [0.3, 0.4) is 0 Å². The number of para-hydroxylation sites is 2. The molecule has 3 heterocycles. The molecule has 33 heavy (non-hydrogen) atoms. The molecule has 1 unspecified atom stereocenters. The van der Waals surface area contributed by atoms with Gasteiger partial charge >= 0.3 is 5.91 Å². The Morgan fingerprint density at radius 1 is 1.15 bits per heavy atom. The topological polar surface area (TPSA) is 108 Å². The fraction of sp³-hybridized carbons (Fsp3) is 0.0833. The summed E-state index contributed by atoms with van der Waals surface area (Å²) in [5.41, 5.74) is 2.09. The number of aromatic amines is 1. The van der Waals surface area contributed by atoms with Crippen LogP contribution in [-0.2, 0) is 9.59 Å². The van der Waals surface area contributed by atoms with Crippen LogP contribution in [0.5, 0.6) is 5.75 Å². The Labute approximate surface area is 193 Å². The number of hydrogen-bond donors (Lipinski definition) is 2. The van der Waals surface area contributed by atoms with Gasteiger partial charge < -0.3 is 14.8 Å². The molecule has 0 radical (unpaired) electrons. The molecule has 4 aromatic rings. The third-order valence-electron chi connectivity index (χ3n) is 5.47. The molecule has 1 amide bonds. The van der Waals surface area contributed by atoms with Gasteiger partial charge in [-0.2, -0.15) is 0 Å². The number of aliphatic hydroxyl groups is 1. The maximum Gasteiger partial charge on any atom is 0.302 e. The summed E-state index contributed by atoms with van der Waals surface area (Å²) in [7, 11) is 1.45. The molecule has 164 valence electrons. The van der Waals surface area contributed by atoms with Gasteiger partial charge in [0.2, 0.25) is 5.95 Å². The number of benzene rings is 2. The summed E-state index contributed by atoms with van der Waals surface area (Å²) in [5.74, 6) is -1.48. The monoisotopic (exact) mass is 460 g/mol. The van der Waals surface area contributed by atoms with Gasteiger partial charge in [-0.1, -0.05) is 29.8 Å². The number of ketones is 1. The number of amides is 1. The molecule has 5 rings (SSSR count). The van der Waals surface area contributed by atoms with E-state index in [-0.39, 0.29) is 22.8 Å². The molecular formula is C24H17ClN4O4. The van der Waals surface area contributed by atoms with Crippen LogP contribution in [0.1, 0.15) is 17.2 Å². The highest BCUT2D eigenvalue weighted by atomic mass is 35.5. The van der Waals surface area contributed by atoms with E-state index in [4.69, 9.17) is 16.3 Å². The summed E-state index contributed by atoms with van der Waals surface area (Å²) in [4.78, 5) is 39.4. The van der Waals surface area contributed by atoms with E-state index in [1.165, 1.54) is 18.1 Å². The zero-order valence-electron chi connectivity index (χ0n) is 17.3. The van der Waals surface area contributed by atoms with Crippen LogP contribution in [0, 0.1) is 0 Å².